The minimum absolute atomic E-state index is 0.586. The van der Waals surface area contributed by atoms with Crippen LogP contribution >= 0.6 is 34.8 Å². The van der Waals surface area contributed by atoms with E-state index in [0.29, 0.717) is 6.04 Å². The van der Waals surface area contributed by atoms with Crippen LogP contribution in [0.2, 0.25) is 0 Å². The Kier molecular flexibility index (Phi) is 3.49. The van der Waals surface area contributed by atoms with Crippen molar-refractivity contribution in [3.63, 3.8) is 0 Å². The molecule has 18 heavy (non-hydrogen) atoms. The molecule has 0 atom stereocenters. The van der Waals surface area contributed by atoms with Gasteiger partial charge >= 0.3 is 0 Å². The molecule has 1 aromatic heterocycles. The third-order valence-electron chi connectivity index (χ3n) is 4.03. The number of hydrogen-bond acceptors (Lipinski definition) is 1. The van der Waals surface area contributed by atoms with Gasteiger partial charge in [-0.2, -0.15) is 0 Å². The number of halogens is 1. The fraction of sp³-hybridized carbons (Fsp3) is 0.500. The molecule has 4 heteroatoms. The van der Waals surface area contributed by atoms with Crippen LogP contribution in [0.15, 0.2) is 18.2 Å². The van der Waals surface area contributed by atoms with Crippen LogP contribution < -0.4 is 0 Å². The summed E-state index contributed by atoms with van der Waals surface area (Å²) in [6.45, 7) is 2.35. The second-order valence-electron chi connectivity index (χ2n) is 5.38. The molecule has 0 bridgehead atoms. The topological polar surface area (TPSA) is 20.7 Å². The molecule has 1 heterocycles. The lowest BCUT2D eigenvalue weighted by Crippen LogP contribution is -2.16. The van der Waals surface area contributed by atoms with Gasteiger partial charge in [0.2, 0.25) is 0 Å². The van der Waals surface area contributed by atoms with Gasteiger partial charge in [0.15, 0.2) is 4.77 Å². The summed E-state index contributed by atoms with van der Waals surface area (Å²) in [4.78, 5) is 3.35. The van der Waals surface area contributed by atoms with Gasteiger partial charge in [-0.25, -0.2) is 0 Å². The van der Waals surface area contributed by atoms with Crippen molar-refractivity contribution in [1.82, 2.24) is 9.55 Å². The Morgan fingerprint density at radius 1 is 1.28 bits per heavy atom. The monoisotopic (exact) mass is 372 g/mol. The Balaban J connectivity index is 2.06. The van der Waals surface area contributed by atoms with Crippen molar-refractivity contribution < 1.29 is 0 Å². The maximum atomic E-state index is 5.51. The first-order valence-corrected chi connectivity index (χ1v) is 8.03. The molecule has 0 spiro atoms. The average molecular weight is 372 g/mol. The molecule has 2 aromatic rings. The highest BCUT2D eigenvalue weighted by atomic mass is 127. The van der Waals surface area contributed by atoms with Crippen molar-refractivity contribution in [2.24, 2.45) is 5.92 Å². The number of aromatic amines is 1. The number of nitrogens with zero attached hydrogens (tertiary/aromatic N) is 1. The number of hydrogen-bond donors (Lipinski definition) is 1. The molecule has 1 aromatic carbocycles. The van der Waals surface area contributed by atoms with E-state index in [1.807, 2.05) is 0 Å². The third-order valence-corrected chi connectivity index (χ3v) is 5.00. The zero-order chi connectivity index (χ0) is 12.7. The fourth-order valence-corrected chi connectivity index (χ4v) is 3.82. The zero-order valence-corrected chi connectivity index (χ0v) is 13.4. The molecule has 2 nitrogen and oxygen atoms in total. The van der Waals surface area contributed by atoms with Gasteiger partial charge in [0.05, 0.1) is 11.0 Å². The van der Waals surface area contributed by atoms with Crippen molar-refractivity contribution in [1.29, 1.82) is 0 Å². The Hall–Kier alpha value is -0.360. The molecule has 0 amide bonds. The van der Waals surface area contributed by atoms with Gasteiger partial charge in [-0.1, -0.05) is 6.92 Å². The minimum Gasteiger partial charge on any atom is -0.331 e. The lowest BCUT2D eigenvalue weighted by Gasteiger charge is -2.27. The van der Waals surface area contributed by atoms with Gasteiger partial charge in [0.25, 0.3) is 0 Å². The van der Waals surface area contributed by atoms with Crippen LogP contribution in [-0.2, 0) is 0 Å². The van der Waals surface area contributed by atoms with Gasteiger partial charge in [-0.15, -0.1) is 0 Å². The number of nitrogens with one attached hydrogen (secondary N) is 1. The van der Waals surface area contributed by atoms with Crippen molar-refractivity contribution in [2.45, 2.75) is 38.6 Å². The first kappa shape index (κ1) is 12.7. The Morgan fingerprint density at radius 2 is 2.00 bits per heavy atom. The quantitative estimate of drug-likeness (QED) is 0.549. The maximum Gasteiger partial charge on any atom is 0.178 e. The summed E-state index contributed by atoms with van der Waals surface area (Å²) in [6, 6.07) is 7.12. The molecule has 0 unspecified atom stereocenters. The van der Waals surface area contributed by atoms with Gasteiger partial charge in [0, 0.05) is 9.61 Å². The van der Waals surface area contributed by atoms with E-state index >= 15 is 0 Å². The van der Waals surface area contributed by atoms with Gasteiger partial charge < -0.3 is 9.55 Å². The van der Waals surface area contributed by atoms with Crippen molar-refractivity contribution >= 4 is 45.8 Å². The Bertz CT molecular complexity index is 620. The molecule has 1 N–H and O–H groups in total. The largest absolute Gasteiger partial charge is 0.331 e. The Morgan fingerprint density at radius 3 is 2.72 bits per heavy atom. The van der Waals surface area contributed by atoms with E-state index in [9.17, 15) is 0 Å². The molecule has 96 valence electrons. The minimum atomic E-state index is 0.586. The molecule has 0 saturated heterocycles. The van der Waals surface area contributed by atoms with Gasteiger partial charge in [-0.3, -0.25) is 0 Å². The second-order valence-corrected chi connectivity index (χ2v) is 7.01. The van der Waals surface area contributed by atoms with Crippen LogP contribution in [0.4, 0.5) is 0 Å². The lowest BCUT2D eigenvalue weighted by atomic mass is 9.87. The van der Waals surface area contributed by atoms with Crippen molar-refractivity contribution in [3.8, 4) is 0 Å². The SMILES string of the molecule is CC1CCC(n2c(=S)[nH]c3cc(I)ccc32)CC1. The summed E-state index contributed by atoms with van der Waals surface area (Å²) in [7, 11) is 0. The van der Waals surface area contributed by atoms with Crippen LogP contribution in [0.25, 0.3) is 11.0 Å². The highest BCUT2D eigenvalue weighted by molar-refractivity contribution is 14.1. The van der Waals surface area contributed by atoms with Crippen molar-refractivity contribution in [3.05, 3.63) is 26.5 Å². The standard InChI is InChI=1S/C14H17IN2S/c1-9-2-5-11(6-3-9)17-13-7-4-10(15)8-12(13)16-14(17)18/h4,7-9,11H,2-3,5-6H2,1H3,(H,16,18). The summed E-state index contributed by atoms with van der Waals surface area (Å²) >= 11 is 7.85. The lowest BCUT2D eigenvalue weighted by molar-refractivity contribution is 0.292. The molecule has 1 saturated carbocycles. The smallest absolute Gasteiger partial charge is 0.178 e. The summed E-state index contributed by atoms with van der Waals surface area (Å²) in [6.07, 6.45) is 5.16. The molecular formula is C14H17IN2S. The predicted octanol–water partition coefficient (Wildman–Crippen LogP) is 5.05. The molecular weight excluding hydrogens is 355 g/mol. The summed E-state index contributed by atoms with van der Waals surface area (Å²) in [5.41, 5.74) is 2.44. The molecule has 3 rings (SSSR count). The van der Waals surface area contributed by atoms with Gasteiger partial charge in [-0.05, 0) is 84.6 Å². The van der Waals surface area contributed by atoms with Crippen LogP contribution in [0.1, 0.15) is 38.6 Å². The molecule has 0 aliphatic heterocycles. The van der Waals surface area contributed by atoms with E-state index in [0.717, 1.165) is 10.7 Å². The molecule has 1 aliphatic rings. The molecule has 1 aliphatic carbocycles. The number of imidazole rings is 1. The predicted molar refractivity (Wildman–Crippen MR) is 86.5 cm³/mol. The molecule has 0 radical (unpaired) electrons. The molecule has 1 fully saturated rings. The second kappa shape index (κ2) is 4.96. The zero-order valence-electron chi connectivity index (χ0n) is 10.4. The summed E-state index contributed by atoms with van der Waals surface area (Å²) in [5.74, 6) is 0.876. The summed E-state index contributed by atoms with van der Waals surface area (Å²) in [5, 5.41) is 0. The van der Waals surface area contributed by atoms with Crippen LogP contribution in [-0.4, -0.2) is 9.55 Å². The first-order valence-electron chi connectivity index (χ1n) is 6.55. The Labute approximate surface area is 126 Å². The number of benzene rings is 1. The summed E-state index contributed by atoms with van der Waals surface area (Å²) < 4.78 is 4.47. The fourth-order valence-electron chi connectivity index (χ4n) is 2.97. The van der Waals surface area contributed by atoms with E-state index in [1.54, 1.807) is 0 Å². The van der Waals surface area contributed by atoms with E-state index in [1.165, 1.54) is 40.3 Å². The first-order chi connectivity index (χ1) is 8.65. The highest BCUT2D eigenvalue weighted by Gasteiger charge is 2.21. The normalized spacial score (nSPS) is 24.6. The van der Waals surface area contributed by atoms with Gasteiger partial charge in [0.1, 0.15) is 0 Å². The van der Waals surface area contributed by atoms with Crippen LogP contribution in [0.5, 0.6) is 0 Å². The van der Waals surface area contributed by atoms with E-state index < -0.39 is 0 Å². The van der Waals surface area contributed by atoms with E-state index in [4.69, 9.17) is 12.2 Å². The maximum absolute atomic E-state index is 5.51. The highest BCUT2D eigenvalue weighted by Crippen LogP contribution is 2.34. The third kappa shape index (κ3) is 2.25. The van der Waals surface area contributed by atoms with E-state index in [-0.39, 0.29) is 0 Å². The number of rotatable bonds is 1. The van der Waals surface area contributed by atoms with Crippen molar-refractivity contribution in [2.75, 3.05) is 0 Å². The average Bonchev–Trinajstić information content (AvgIpc) is 2.65. The van der Waals surface area contributed by atoms with Crippen LogP contribution in [0, 0.1) is 14.3 Å². The number of fused-ring (bicyclic) bond motifs is 1. The number of aromatic nitrogens is 2. The number of H-pyrrole nitrogens is 1. The van der Waals surface area contributed by atoms with Crippen LogP contribution in [0.3, 0.4) is 0 Å². The van der Waals surface area contributed by atoms with E-state index in [2.05, 4.69) is 57.3 Å².